The summed E-state index contributed by atoms with van der Waals surface area (Å²) in [6, 6.07) is 9.61. The zero-order valence-corrected chi connectivity index (χ0v) is 19.6. The predicted octanol–water partition coefficient (Wildman–Crippen LogP) is 5.58. The summed E-state index contributed by atoms with van der Waals surface area (Å²) in [7, 11) is 1.42. The number of ether oxygens (including phenoxy) is 2. The van der Waals surface area contributed by atoms with Gasteiger partial charge in [0.25, 0.3) is 0 Å². The molecule has 3 rings (SSSR count). The maximum atomic E-state index is 13.2. The van der Waals surface area contributed by atoms with Gasteiger partial charge in [0, 0.05) is 0 Å². The van der Waals surface area contributed by atoms with Gasteiger partial charge < -0.3 is 14.6 Å². The Morgan fingerprint density at radius 1 is 1.00 bits per heavy atom. The Kier molecular flexibility index (Phi) is 9.58. The van der Waals surface area contributed by atoms with E-state index < -0.39 is 5.41 Å². The largest absolute Gasteiger partial charge is 0.469 e. The lowest BCUT2D eigenvalue weighted by Gasteiger charge is -2.37. The van der Waals surface area contributed by atoms with Crippen LogP contribution in [0.3, 0.4) is 0 Å². The molecule has 0 aliphatic heterocycles. The first kappa shape index (κ1) is 24.8. The van der Waals surface area contributed by atoms with Crippen LogP contribution in [0.15, 0.2) is 30.3 Å². The average Bonchev–Trinajstić information content (AvgIpc) is 2.82. The molecule has 0 saturated heterocycles. The monoisotopic (exact) mass is 444 g/mol. The van der Waals surface area contributed by atoms with E-state index in [1.165, 1.54) is 39.2 Å². The molecule has 0 spiro atoms. The van der Waals surface area contributed by atoms with Crippen molar-refractivity contribution in [1.82, 2.24) is 0 Å². The minimum absolute atomic E-state index is 0.0474. The van der Waals surface area contributed by atoms with Crippen LogP contribution in [0.25, 0.3) is 0 Å². The van der Waals surface area contributed by atoms with E-state index in [4.69, 9.17) is 9.47 Å². The van der Waals surface area contributed by atoms with Gasteiger partial charge in [0.05, 0.1) is 25.0 Å². The maximum Gasteiger partial charge on any atom is 0.312 e. The number of benzene rings is 1. The number of methoxy groups -OCH3 is 1. The molecule has 5 nitrogen and oxygen atoms in total. The Bertz CT molecular complexity index is 712. The van der Waals surface area contributed by atoms with Gasteiger partial charge in [-0.2, -0.15) is 0 Å². The predicted molar refractivity (Wildman–Crippen MR) is 124 cm³/mol. The van der Waals surface area contributed by atoms with E-state index in [1.54, 1.807) is 0 Å². The van der Waals surface area contributed by atoms with Crippen molar-refractivity contribution in [3.8, 4) is 0 Å². The molecule has 0 bridgehead atoms. The van der Waals surface area contributed by atoms with E-state index in [0.717, 1.165) is 31.2 Å². The summed E-state index contributed by atoms with van der Waals surface area (Å²) in [5, 5.41) is 10.2. The highest BCUT2D eigenvalue weighted by atomic mass is 16.5. The van der Waals surface area contributed by atoms with Crippen molar-refractivity contribution in [3.05, 3.63) is 35.9 Å². The van der Waals surface area contributed by atoms with E-state index in [0.29, 0.717) is 25.2 Å². The summed E-state index contributed by atoms with van der Waals surface area (Å²) < 4.78 is 10.9. The molecule has 0 amide bonds. The minimum Gasteiger partial charge on any atom is -0.469 e. The van der Waals surface area contributed by atoms with Gasteiger partial charge in [-0.15, -0.1) is 0 Å². The van der Waals surface area contributed by atoms with Gasteiger partial charge in [-0.3, -0.25) is 9.59 Å². The Hall–Kier alpha value is -1.88. The van der Waals surface area contributed by atoms with Gasteiger partial charge in [-0.25, -0.2) is 0 Å². The van der Waals surface area contributed by atoms with Gasteiger partial charge in [-0.1, -0.05) is 75.3 Å². The van der Waals surface area contributed by atoms with Crippen LogP contribution in [0.4, 0.5) is 0 Å². The molecule has 3 atom stereocenters. The van der Waals surface area contributed by atoms with E-state index in [9.17, 15) is 14.7 Å². The molecule has 2 aliphatic carbocycles. The molecule has 2 saturated carbocycles. The molecule has 5 heteroatoms. The van der Waals surface area contributed by atoms with Crippen LogP contribution in [0.1, 0.15) is 89.0 Å². The third kappa shape index (κ3) is 7.33. The van der Waals surface area contributed by atoms with Crippen molar-refractivity contribution in [2.45, 2.75) is 96.2 Å². The molecular formula is C27H40O5. The summed E-state index contributed by atoms with van der Waals surface area (Å²) in [4.78, 5) is 26.1. The number of rotatable bonds is 10. The fourth-order valence-corrected chi connectivity index (χ4v) is 5.76. The molecule has 1 aromatic carbocycles. The zero-order valence-electron chi connectivity index (χ0n) is 19.6. The number of carbonyl (C=O) groups excluding carboxylic acids is 2. The van der Waals surface area contributed by atoms with E-state index in [1.807, 2.05) is 30.3 Å². The van der Waals surface area contributed by atoms with Crippen LogP contribution in [-0.2, 0) is 25.7 Å². The van der Waals surface area contributed by atoms with Gasteiger partial charge in [0.15, 0.2) is 0 Å². The Labute approximate surface area is 192 Å². The van der Waals surface area contributed by atoms with Gasteiger partial charge in [0.1, 0.15) is 6.61 Å². The quantitative estimate of drug-likeness (QED) is 0.477. The molecule has 1 N–H and O–H groups in total. The molecule has 1 aromatic rings. The second kappa shape index (κ2) is 12.4. The molecule has 0 heterocycles. The standard InChI is InChI=1S/C27H40O5/c1-31-26(30)27(16-15-21-9-4-2-5-10-21,18-23-13-8-14-24(28)17-23)19-25(29)32-20-22-11-6-3-7-12-22/h3,6-7,11-12,21,23-24,28H,2,4-5,8-10,13-20H2,1H3/t23-,24-,27+/m1/s1. The second-order valence-corrected chi connectivity index (χ2v) is 10.0. The third-order valence-corrected chi connectivity index (χ3v) is 7.53. The van der Waals surface area contributed by atoms with Crippen molar-refractivity contribution in [3.63, 3.8) is 0 Å². The van der Waals surface area contributed by atoms with Gasteiger partial charge in [0.2, 0.25) is 0 Å². The summed E-state index contributed by atoms with van der Waals surface area (Å²) >= 11 is 0. The van der Waals surface area contributed by atoms with Crippen molar-refractivity contribution in [2.75, 3.05) is 7.11 Å². The summed E-state index contributed by atoms with van der Waals surface area (Å²) in [6.07, 6.45) is 11.6. The van der Waals surface area contributed by atoms with Crippen LogP contribution < -0.4 is 0 Å². The number of carbonyl (C=O) groups is 2. The van der Waals surface area contributed by atoms with Crippen molar-refractivity contribution >= 4 is 11.9 Å². The number of hydrogen-bond acceptors (Lipinski definition) is 5. The van der Waals surface area contributed by atoms with E-state index >= 15 is 0 Å². The fourth-order valence-electron chi connectivity index (χ4n) is 5.76. The number of hydrogen-bond donors (Lipinski definition) is 1. The highest BCUT2D eigenvalue weighted by Gasteiger charge is 2.44. The first-order valence-corrected chi connectivity index (χ1v) is 12.5. The lowest BCUT2D eigenvalue weighted by atomic mass is 9.68. The van der Waals surface area contributed by atoms with Crippen LogP contribution >= 0.6 is 0 Å². The Balaban J connectivity index is 1.72. The van der Waals surface area contributed by atoms with Gasteiger partial charge in [-0.05, 0) is 49.5 Å². The molecule has 0 unspecified atom stereocenters. The van der Waals surface area contributed by atoms with Crippen LogP contribution in [0.5, 0.6) is 0 Å². The van der Waals surface area contributed by atoms with Crippen LogP contribution in [0.2, 0.25) is 0 Å². The SMILES string of the molecule is COC(=O)[C@](CCC1CCCCC1)(CC(=O)OCc1ccccc1)C[C@@H]1CCC[C@@H](O)C1. The molecule has 178 valence electrons. The van der Waals surface area contributed by atoms with E-state index in [-0.39, 0.29) is 37.0 Å². The highest BCUT2D eigenvalue weighted by molar-refractivity contribution is 5.83. The molecular weight excluding hydrogens is 404 g/mol. The number of aliphatic hydroxyl groups excluding tert-OH is 1. The van der Waals surface area contributed by atoms with Crippen LogP contribution in [-0.4, -0.2) is 30.3 Å². The molecule has 2 aliphatic rings. The minimum atomic E-state index is -0.873. The first-order chi connectivity index (χ1) is 15.5. The molecule has 32 heavy (non-hydrogen) atoms. The van der Waals surface area contributed by atoms with Crippen molar-refractivity contribution < 1.29 is 24.2 Å². The van der Waals surface area contributed by atoms with E-state index in [2.05, 4.69) is 0 Å². The number of esters is 2. The summed E-state index contributed by atoms with van der Waals surface area (Å²) in [5.41, 5.74) is 0.0592. The fraction of sp³-hybridized carbons (Fsp3) is 0.704. The average molecular weight is 445 g/mol. The Morgan fingerprint density at radius 2 is 1.72 bits per heavy atom. The van der Waals surface area contributed by atoms with Crippen molar-refractivity contribution in [1.29, 1.82) is 0 Å². The maximum absolute atomic E-state index is 13.2. The Morgan fingerprint density at radius 3 is 2.41 bits per heavy atom. The normalized spacial score (nSPS) is 23.8. The second-order valence-electron chi connectivity index (χ2n) is 10.0. The van der Waals surface area contributed by atoms with Gasteiger partial charge >= 0.3 is 11.9 Å². The molecule has 0 aromatic heterocycles. The lowest BCUT2D eigenvalue weighted by Crippen LogP contribution is -2.39. The highest BCUT2D eigenvalue weighted by Crippen LogP contribution is 2.43. The van der Waals surface area contributed by atoms with Crippen molar-refractivity contribution in [2.24, 2.45) is 17.3 Å². The first-order valence-electron chi connectivity index (χ1n) is 12.5. The summed E-state index contributed by atoms with van der Waals surface area (Å²) in [5.74, 6) is 0.195. The topological polar surface area (TPSA) is 72.8 Å². The van der Waals surface area contributed by atoms with Crippen LogP contribution in [0, 0.1) is 17.3 Å². The molecule has 2 fully saturated rings. The zero-order chi connectivity index (χ0) is 22.8. The smallest absolute Gasteiger partial charge is 0.312 e. The number of aliphatic hydroxyl groups is 1. The molecule has 0 radical (unpaired) electrons. The summed E-state index contributed by atoms with van der Waals surface area (Å²) in [6.45, 7) is 0.210. The third-order valence-electron chi connectivity index (χ3n) is 7.53. The lowest BCUT2D eigenvalue weighted by molar-refractivity contribution is -0.163.